The lowest BCUT2D eigenvalue weighted by Crippen LogP contribution is -2.41. The van der Waals surface area contributed by atoms with Gasteiger partial charge in [0.1, 0.15) is 23.4 Å². The van der Waals surface area contributed by atoms with Crippen molar-refractivity contribution in [3.63, 3.8) is 0 Å². The summed E-state index contributed by atoms with van der Waals surface area (Å²) in [5.74, 6) is 1.79. The van der Waals surface area contributed by atoms with Gasteiger partial charge in [-0.2, -0.15) is 5.10 Å². The van der Waals surface area contributed by atoms with Crippen LogP contribution in [0.4, 0.5) is 4.39 Å². The van der Waals surface area contributed by atoms with E-state index in [9.17, 15) is 4.39 Å². The van der Waals surface area contributed by atoms with Crippen LogP contribution >= 0.6 is 0 Å². The Labute approximate surface area is 175 Å². The lowest BCUT2D eigenvalue weighted by atomic mass is 10.3. The fourth-order valence-corrected chi connectivity index (χ4v) is 2.76. The van der Waals surface area contributed by atoms with E-state index < -0.39 is 0 Å². The highest BCUT2D eigenvalue weighted by Gasteiger charge is 2.07. The van der Waals surface area contributed by atoms with Gasteiger partial charge in [-0.1, -0.05) is 0 Å². The third kappa shape index (κ3) is 5.97. The van der Waals surface area contributed by atoms with Gasteiger partial charge in [-0.25, -0.2) is 9.07 Å². The Balaban J connectivity index is 1.47. The van der Waals surface area contributed by atoms with Crippen molar-refractivity contribution in [2.45, 2.75) is 19.6 Å². The zero-order valence-corrected chi connectivity index (χ0v) is 17.3. The van der Waals surface area contributed by atoms with Gasteiger partial charge in [0.2, 0.25) is 0 Å². The molecule has 1 aromatic heterocycles. The highest BCUT2D eigenvalue weighted by molar-refractivity contribution is 5.79. The highest BCUT2D eigenvalue weighted by atomic mass is 19.1. The Morgan fingerprint density at radius 3 is 2.43 bits per heavy atom. The summed E-state index contributed by atoms with van der Waals surface area (Å²) in [7, 11) is 3.35. The largest absolute Gasteiger partial charge is 0.497 e. The minimum Gasteiger partial charge on any atom is -0.497 e. The topological polar surface area (TPSA) is 72.7 Å². The van der Waals surface area contributed by atoms with Crippen LogP contribution in [0.2, 0.25) is 0 Å². The second kappa shape index (κ2) is 10.3. The first-order valence-electron chi connectivity index (χ1n) is 9.63. The van der Waals surface area contributed by atoms with Crippen molar-refractivity contribution in [3.05, 3.63) is 72.3 Å². The summed E-state index contributed by atoms with van der Waals surface area (Å²) in [4.78, 5) is 4.22. The average molecular weight is 411 g/mol. The van der Waals surface area contributed by atoms with Crippen LogP contribution in [0.15, 0.2) is 65.8 Å². The van der Waals surface area contributed by atoms with Gasteiger partial charge in [-0.15, -0.1) is 0 Å². The fraction of sp³-hybridized carbons (Fsp3) is 0.273. The van der Waals surface area contributed by atoms with Crippen LogP contribution < -0.4 is 20.1 Å². The van der Waals surface area contributed by atoms with Crippen molar-refractivity contribution in [2.24, 2.45) is 4.99 Å². The molecule has 0 fully saturated rings. The van der Waals surface area contributed by atoms with Crippen molar-refractivity contribution in [3.8, 4) is 17.2 Å². The molecule has 158 valence electrons. The molecule has 1 unspecified atom stereocenters. The minimum atomic E-state index is -0.285. The quantitative estimate of drug-likeness (QED) is 0.440. The summed E-state index contributed by atoms with van der Waals surface area (Å²) in [6.45, 7) is 2.99. The number of hydrogen-bond acceptors (Lipinski definition) is 4. The molecule has 7 nitrogen and oxygen atoms in total. The first kappa shape index (κ1) is 21.2. The number of hydrogen-bond donors (Lipinski definition) is 2. The van der Waals surface area contributed by atoms with Crippen LogP contribution in [-0.2, 0) is 6.54 Å². The lowest BCUT2D eigenvalue weighted by molar-refractivity contribution is 0.223. The van der Waals surface area contributed by atoms with Crippen LogP contribution in [0.25, 0.3) is 5.69 Å². The summed E-state index contributed by atoms with van der Waals surface area (Å²) in [6, 6.07) is 15.6. The molecule has 30 heavy (non-hydrogen) atoms. The van der Waals surface area contributed by atoms with E-state index in [1.165, 1.54) is 12.1 Å². The molecule has 0 aliphatic carbocycles. The monoisotopic (exact) mass is 411 g/mol. The predicted molar refractivity (Wildman–Crippen MR) is 115 cm³/mol. The van der Waals surface area contributed by atoms with Gasteiger partial charge in [0.15, 0.2) is 5.96 Å². The van der Waals surface area contributed by atoms with Gasteiger partial charge in [0, 0.05) is 13.2 Å². The number of benzene rings is 2. The predicted octanol–water partition coefficient (Wildman–Crippen LogP) is 3.15. The van der Waals surface area contributed by atoms with E-state index >= 15 is 0 Å². The summed E-state index contributed by atoms with van der Waals surface area (Å²) in [6.07, 6.45) is 1.79. The number of nitrogens with zero attached hydrogens (tertiary/aromatic N) is 3. The molecule has 1 heterocycles. The Morgan fingerprint density at radius 1 is 1.07 bits per heavy atom. The molecule has 0 radical (unpaired) electrons. The number of aliphatic imine (C=N–C) groups is 1. The molecule has 0 amide bonds. The zero-order chi connectivity index (χ0) is 21.3. The third-order valence-corrected chi connectivity index (χ3v) is 4.35. The van der Waals surface area contributed by atoms with Crippen LogP contribution in [0, 0.1) is 5.82 Å². The molecule has 2 aromatic carbocycles. The van der Waals surface area contributed by atoms with E-state index in [-0.39, 0.29) is 11.9 Å². The average Bonchev–Trinajstić information content (AvgIpc) is 3.24. The fourth-order valence-electron chi connectivity index (χ4n) is 2.76. The molecule has 3 aromatic rings. The molecular weight excluding hydrogens is 385 g/mol. The summed E-state index contributed by atoms with van der Waals surface area (Å²) in [5, 5.41) is 11.0. The van der Waals surface area contributed by atoms with Crippen molar-refractivity contribution in [1.82, 2.24) is 20.4 Å². The maximum atomic E-state index is 13.0. The molecule has 1 atom stereocenters. The number of aromatic nitrogens is 2. The van der Waals surface area contributed by atoms with Crippen LogP contribution in [-0.4, -0.2) is 42.5 Å². The Hall–Kier alpha value is -3.55. The first-order chi connectivity index (χ1) is 14.6. The molecule has 0 saturated heterocycles. The van der Waals surface area contributed by atoms with Crippen LogP contribution in [0.3, 0.4) is 0 Å². The molecule has 0 saturated carbocycles. The van der Waals surface area contributed by atoms with E-state index in [2.05, 4.69) is 20.7 Å². The Bertz CT molecular complexity index is 954. The molecule has 0 bridgehead atoms. The van der Waals surface area contributed by atoms with Crippen molar-refractivity contribution < 1.29 is 13.9 Å². The number of nitrogens with one attached hydrogen (secondary N) is 2. The first-order valence-corrected chi connectivity index (χ1v) is 9.63. The highest BCUT2D eigenvalue weighted by Crippen LogP contribution is 2.15. The summed E-state index contributed by atoms with van der Waals surface area (Å²) in [5.41, 5.74) is 1.83. The lowest BCUT2D eigenvalue weighted by Gasteiger charge is -2.17. The Kier molecular flexibility index (Phi) is 7.26. The van der Waals surface area contributed by atoms with Crippen LogP contribution in [0.5, 0.6) is 11.5 Å². The maximum Gasteiger partial charge on any atom is 0.191 e. The van der Waals surface area contributed by atoms with Gasteiger partial charge in [-0.05, 0) is 61.5 Å². The number of methoxy groups -OCH3 is 1. The maximum absolute atomic E-state index is 13.0. The third-order valence-electron chi connectivity index (χ3n) is 4.35. The second-order valence-corrected chi connectivity index (χ2v) is 6.64. The second-order valence-electron chi connectivity index (χ2n) is 6.64. The van der Waals surface area contributed by atoms with Gasteiger partial charge < -0.3 is 20.1 Å². The van der Waals surface area contributed by atoms with Gasteiger partial charge in [0.05, 0.1) is 31.6 Å². The van der Waals surface area contributed by atoms with Crippen molar-refractivity contribution in [2.75, 3.05) is 20.7 Å². The van der Waals surface area contributed by atoms with Crippen molar-refractivity contribution in [1.29, 1.82) is 0 Å². The molecule has 0 spiro atoms. The Morgan fingerprint density at radius 2 is 1.77 bits per heavy atom. The smallest absolute Gasteiger partial charge is 0.191 e. The molecule has 0 aliphatic heterocycles. The summed E-state index contributed by atoms with van der Waals surface area (Å²) >= 11 is 0. The number of ether oxygens (including phenoxy) is 2. The van der Waals surface area contributed by atoms with E-state index in [1.54, 1.807) is 26.3 Å². The molecule has 3 rings (SSSR count). The molecule has 8 heteroatoms. The van der Waals surface area contributed by atoms with Crippen LogP contribution in [0.1, 0.15) is 12.6 Å². The number of halogens is 1. The van der Waals surface area contributed by atoms with Gasteiger partial charge >= 0.3 is 0 Å². The van der Waals surface area contributed by atoms with Gasteiger partial charge in [0.25, 0.3) is 0 Å². The van der Waals surface area contributed by atoms with Crippen molar-refractivity contribution >= 4 is 5.96 Å². The van der Waals surface area contributed by atoms with E-state index in [4.69, 9.17) is 9.47 Å². The number of guanidine groups is 1. The molecular formula is C22H26FN5O2. The normalized spacial score (nSPS) is 12.3. The van der Waals surface area contributed by atoms with E-state index in [1.807, 2.05) is 48.1 Å². The van der Waals surface area contributed by atoms with E-state index in [0.717, 1.165) is 17.1 Å². The molecule has 0 aliphatic rings. The standard InChI is InChI=1S/C22H26FN5O2/c1-16(30-21-8-4-17(23)5-9-21)14-25-22(24-2)26-15-18-12-13-28(27-18)19-6-10-20(29-3)11-7-19/h4-13,16H,14-15H2,1-3H3,(H2,24,25,26). The zero-order valence-electron chi connectivity index (χ0n) is 17.3. The number of rotatable bonds is 8. The minimum absolute atomic E-state index is 0.122. The van der Waals surface area contributed by atoms with E-state index in [0.29, 0.717) is 24.8 Å². The SMILES string of the molecule is CN=C(NCc1ccn(-c2ccc(OC)cc2)n1)NCC(C)Oc1ccc(F)cc1. The van der Waals surface area contributed by atoms with Gasteiger partial charge in [-0.3, -0.25) is 4.99 Å². The molecule has 2 N–H and O–H groups in total. The summed E-state index contributed by atoms with van der Waals surface area (Å²) < 4.78 is 25.7.